The summed E-state index contributed by atoms with van der Waals surface area (Å²) in [6.45, 7) is -0.600. The molecule has 0 radical (unpaired) electrons. The molecule has 7 heteroatoms. The Hall–Kier alpha value is -2.57. The first-order valence-electron chi connectivity index (χ1n) is 6.49. The summed E-state index contributed by atoms with van der Waals surface area (Å²) in [4.78, 5) is 35.4. The predicted molar refractivity (Wildman–Crippen MR) is 72.7 cm³/mol. The lowest BCUT2D eigenvalue weighted by Crippen LogP contribution is -2.44. The van der Waals surface area contributed by atoms with Crippen molar-refractivity contribution in [3.63, 3.8) is 0 Å². The molecule has 1 aliphatic heterocycles. The Morgan fingerprint density at radius 1 is 1.29 bits per heavy atom. The summed E-state index contributed by atoms with van der Waals surface area (Å²) >= 11 is 0. The molecule has 3 N–H and O–H groups in total. The lowest BCUT2D eigenvalue weighted by atomic mass is 9.91. The molecule has 7 nitrogen and oxygen atoms in total. The van der Waals surface area contributed by atoms with Crippen molar-refractivity contribution >= 4 is 17.8 Å². The minimum absolute atomic E-state index is 0.366. The average Bonchev–Trinajstić information content (AvgIpc) is 2.44. The number of primary amides is 1. The van der Waals surface area contributed by atoms with Gasteiger partial charge in [0.05, 0.1) is 19.1 Å². The number of nitrogens with zero attached hydrogens (tertiary/aromatic N) is 1. The Kier molecular flexibility index (Phi) is 4.42. The zero-order chi connectivity index (χ0) is 15.4. The predicted octanol–water partition coefficient (Wildman–Crippen LogP) is -0.0488. The van der Waals surface area contributed by atoms with Gasteiger partial charge in [0, 0.05) is 5.56 Å². The number of carbonyl (C=O) groups is 3. The van der Waals surface area contributed by atoms with Gasteiger partial charge in [-0.2, -0.15) is 0 Å². The molecular weight excluding hydrogens is 276 g/mol. The Morgan fingerprint density at radius 3 is 2.67 bits per heavy atom. The van der Waals surface area contributed by atoms with Crippen molar-refractivity contribution in [2.45, 2.75) is 12.3 Å². The van der Waals surface area contributed by atoms with E-state index in [1.54, 1.807) is 24.3 Å². The van der Waals surface area contributed by atoms with Gasteiger partial charge >= 0.3 is 5.97 Å². The fourth-order valence-electron chi connectivity index (χ4n) is 2.38. The molecule has 112 valence electrons. The first-order valence-corrected chi connectivity index (χ1v) is 6.49. The number of rotatable bonds is 5. The number of carbonyl (C=O) groups excluding carboxylic acids is 2. The molecule has 0 spiro atoms. The number of ether oxygens (including phenoxy) is 1. The monoisotopic (exact) mass is 292 g/mol. The van der Waals surface area contributed by atoms with Crippen LogP contribution in [0.2, 0.25) is 0 Å². The molecule has 0 saturated heterocycles. The number of aliphatic carboxylic acids is 1. The fraction of sp³-hybridized carbons (Fsp3) is 0.357. The van der Waals surface area contributed by atoms with Gasteiger partial charge in [-0.25, -0.2) is 0 Å². The molecule has 0 aliphatic carbocycles. The highest BCUT2D eigenvalue weighted by atomic mass is 16.5. The van der Waals surface area contributed by atoms with Crippen LogP contribution in [0.25, 0.3) is 0 Å². The van der Waals surface area contributed by atoms with Crippen LogP contribution in [0, 0.1) is 0 Å². The minimum atomic E-state index is -1.19. The van der Waals surface area contributed by atoms with E-state index in [2.05, 4.69) is 0 Å². The third-order valence-electron chi connectivity index (χ3n) is 3.24. The second kappa shape index (κ2) is 6.25. The molecule has 1 aromatic rings. The van der Waals surface area contributed by atoms with Gasteiger partial charge in [-0.15, -0.1) is 0 Å². The molecule has 21 heavy (non-hydrogen) atoms. The van der Waals surface area contributed by atoms with E-state index in [0.717, 1.165) is 4.90 Å². The molecular formula is C14H16N2O5. The van der Waals surface area contributed by atoms with Crippen molar-refractivity contribution in [2.24, 2.45) is 5.73 Å². The number of hydrogen-bond acceptors (Lipinski definition) is 4. The summed E-state index contributed by atoms with van der Waals surface area (Å²) in [6.07, 6.45) is 0.435. The van der Waals surface area contributed by atoms with Crippen LogP contribution in [-0.4, -0.2) is 47.5 Å². The van der Waals surface area contributed by atoms with Crippen molar-refractivity contribution in [3.05, 3.63) is 29.8 Å². The van der Waals surface area contributed by atoms with E-state index in [4.69, 9.17) is 15.6 Å². The standard InChI is InChI=1S/C14H16N2O5/c15-12(17)7-16(8-13(18)19)14(20)10-5-6-21-11-4-2-1-3-9(10)11/h1-4,10H,5-8H2,(H2,15,17)(H,18,19). The normalized spacial score (nSPS) is 16.5. The van der Waals surface area contributed by atoms with Crippen molar-refractivity contribution in [1.82, 2.24) is 4.90 Å². The van der Waals surface area contributed by atoms with Crippen LogP contribution < -0.4 is 10.5 Å². The van der Waals surface area contributed by atoms with Crippen molar-refractivity contribution < 1.29 is 24.2 Å². The van der Waals surface area contributed by atoms with Gasteiger partial charge in [0.15, 0.2) is 0 Å². The number of amides is 2. The smallest absolute Gasteiger partial charge is 0.323 e. The highest BCUT2D eigenvalue weighted by Gasteiger charge is 2.32. The number of fused-ring (bicyclic) bond motifs is 1. The van der Waals surface area contributed by atoms with Gasteiger partial charge in [-0.3, -0.25) is 14.4 Å². The highest BCUT2D eigenvalue weighted by molar-refractivity contribution is 5.91. The summed E-state index contributed by atoms with van der Waals surface area (Å²) < 4.78 is 5.47. The SMILES string of the molecule is NC(=O)CN(CC(=O)O)C(=O)C1CCOc2ccccc21. The number of hydrogen-bond donors (Lipinski definition) is 2. The molecule has 0 bridgehead atoms. The van der Waals surface area contributed by atoms with Crippen LogP contribution >= 0.6 is 0 Å². The first kappa shape index (κ1) is 14.8. The maximum Gasteiger partial charge on any atom is 0.323 e. The largest absolute Gasteiger partial charge is 0.493 e. The number of carboxylic acids is 1. The molecule has 1 unspecified atom stereocenters. The van der Waals surface area contributed by atoms with Crippen LogP contribution in [0.3, 0.4) is 0 Å². The summed E-state index contributed by atoms with van der Waals surface area (Å²) in [6, 6.07) is 7.10. The maximum atomic E-state index is 12.5. The quantitative estimate of drug-likeness (QED) is 0.790. The van der Waals surface area contributed by atoms with Crippen LogP contribution in [0.4, 0.5) is 0 Å². The zero-order valence-electron chi connectivity index (χ0n) is 11.3. The van der Waals surface area contributed by atoms with Crippen LogP contribution in [-0.2, 0) is 14.4 Å². The molecule has 2 amide bonds. The van der Waals surface area contributed by atoms with Gasteiger partial charge in [0.1, 0.15) is 12.3 Å². The average molecular weight is 292 g/mol. The van der Waals surface area contributed by atoms with Crippen molar-refractivity contribution in [3.8, 4) is 5.75 Å². The lowest BCUT2D eigenvalue weighted by molar-refractivity contribution is -0.146. The van der Waals surface area contributed by atoms with E-state index in [1.807, 2.05) is 0 Å². The van der Waals surface area contributed by atoms with E-state index >= 15 is 0 Å². The molecule has 0 fully saturated rings. The number of benzene rings is 1. The van der Waals surface area contributed by atoms with Gasteiger partial charge in [-0.05, 0) is 12.5 Å². The van der Waals surface area contributed by atoms with Gasteiger partial charge < -0.3 is 20.5 Å². The number of para-hydroxylation sites is 1. The maximum absolute atomic E-state index is 12.5. The molecule has 1 aliphatic rings. The molecule has 2 rings (SSSR count). The fourth-order valence-corrected chi connectivity index (χ4v) is 2.38. The van der Waals surface area contributed by atoms with Crippen molar-refractivity contribution in [2.75, 3.05) is 19.7 Å². The van der Waals surface area contributed by atoms with E-state index in [1.165, 1.54) is 0 Å². The summed E-state index contributed by atoms with van der Waals surface area (Å²) in [5.41, 5.74) is 5.78. The molecule has 1 atom stereocenters. The first-order chi connectivity index (χ1) is 9.99. The Balaban J connectivity index is 2.25. The summed E-state index contributed by atoms with van der Waals surface area (Å²) in [5, 5.41) is 8.87. The van der Waals surface area contributed by atoms with E-state index in [-0.39, 0.29) is 0 Å². The van der Waals surface area contributed by atoms with E-state index in [0.29, 0.717) is 24.3 Å². The Labute approximate surface area is 121 Å². The van der Waals surface area contributed by atoms with Gasteiger partial charge in [-0.1, -0.05) is 18.2 Å². The topological polar surface area (TPSA) is 110 Å². The minimum Gasteiger partial charge on any atom is -0.493 e. The molecule has 1 heterocycles. The van der Waals surface area contributed by atoms with Gasteiger partial charge in [0.25, 0.3) is 0 Å². The van der Waals surface area contributed by atoms with Crippen LogP contribution in [0.15, 0.2) is 24.3 Å². The molecule has 0 saturated carbocycles. The molecule has 0 aromatic heterocycles. The summed E-state index contributed by atoms with van der Waals surface area (Å²) in [5.74, 6) is -2.27. The van der Waals surface area contributed by atoms with Crippen molar-refractivity contribution in [1.29, 1.82) is 0 Å². The van der Waals surface area contributed by atoms with E-state index < -0.39 is 36.8 Å². The zero-order valence-corrected chi connectivity index (χ0v) is 11.3. The molecule has 1 aromatic carbocycles. The number of carboxylic acid groups (broad SMARTS) is 1. The third kappa shape index (κ3) is 3.50. The number of nitrogens with two attached hydrogens (primary N) is 1. The van der Waals surface area contributed by atoms with Crippen LogP contribution in [0.5, 0.6) is 5.75 Å². The highest BCUT2D eigenvalue weighted by Crippen LogP contribution is 2.34. The second-order valence-corrected chi connectivity index (χ2v) is 4.78. The lowest BCUT2D eigenvalue weighted by Gasteiger charge is -2.29. The Bertz CT molecular complexity index is 556. The third-order valence-corrected chi connectivity index (χ3v) is 3.24. The van der Waals surface area contributed by atoms with Gasteiger partial charge in [0.2, 0.25) is 11.8 Å². The Morgan fingerprint density at radius 2 is 2.00 bits per heavy atom. The summed E-state index contributed by atoms with van der Waals surface area (Å²) in [7, 11) is 0. The van der Waals surface area contributed by atoms with Crippen LogP contribution in [0.1, 0.15) is 17.9 Å². The second-order valence-electron chi connectivity index (χ2n) is 4.78. The van der Waals surface area contributed by atoms with E-state index in [9.17, 15) is 14.4 Å².